The van der Waals surface area contributed by atoms with Gasteiger partial charge in [0.1, 0.15) is 35.9 Å². The van der Waals surface area contributed by atoms with Gasteiger partial charge < -0.3 is 30.0 Å². The third-order valence-corrected chi connectivity index (χ3v) is 12.2. The second-order valence-electron chi connectivity index (χ2n) is 12.2. The van der Waals surface area contributed by atoms with Crippen molar-refractivity contribution in [1.82, 2.24) is 15.2 Å². The summed E-state index contributed by atoms with van der Waals surface area (Å²) in [4.78, 5) is 34.6. The molecule has 3 N–H and O–H groups in total. The van der Waals surface area contributed by atoms with Gasteiger partial charge in [-0.2, -0.15) is 18.5 Å². The van der Waals surface area contributed by atoms with Crippen LogP contribution in [0.5, 0.6) is 17.4 Å². The highest BCUT2D eigenvalue weighted by atomic mass is 32.2. The van der Waals surface area contributed by atoms with Crippen LogP contribution in [0.25, 0.3) is 0 Å². The Hall–Kier alpha value is -4.75. The maximum Gasteiger partial charge on any atom is 0.529 e. The molecule has 3 aliphatic heterocycles. The normalized spacial score (nSPS) is 27.0. The van der Waals surface area contributed by atoms with E-state index in [9.17, 15) is 20.0 Å². The molecule has 258 valence electrons. The third kappa shape index (κ3) is 5.54. The summed E-state index contributed by atoms with van der Waals surface area (Å²) in [6.45, 7) is 3.58. The molecule has 4 heterocycles. The van der Waals surface area contributed by atoms with Crippen LogP contribution in [0.1, 0.15) is 29.9 Å². The monoisotopic (exact) mass is 691 g/mol. The largest absolute Gasteiger partial charge is 0.529 e. The van der Waals surface area contributed by atoms with Crippen molar-refractivity contribution in [1.29, 1.82) is 5.26 Å². The van der Waals surface area contributed by atoms with Crippen LogP contribution in [-0.4, -0.2) is 105 Å². The van der Waals surface area contributed by atoms with Crippen LogP contribution in [-0.2, 0) is 14.8 Å². The Morgan fingerprint density at radius 2 is 1.84 bits per heavy atom. The lowest BCUT2D eigenvalue weighted by atomic mass is 9.69. The topological polar surface area (TPSA) is 180 Å². The van der Waals surface area contributed by atoms with Gasteiger partial charge in [0.15, 0.2) is 4.90 Å². The van der Waals surface area contributed by atoms with Crippen molar-refractivity contribution >= 4 is 27.7 Å². The number of methoxy groups -OCH3 is 2. The number of carboxylic acid groups (broad SMARTS) is 1. The van der Waals surface area contributed by atoms with Gasteiger partial charge in [0.05, 0.1) is 32.8 Å². The van der Waals surface area contributed by atoms with E-state index in [4.69, 9.17) is 14.2 Å². The van der Waals surface area contributed by atoms with E-state index in [1.165, 1.54) is 38.6 Å². The van der Waals surface area contributed by atoms with Crippen LogP contribution < -0.4 is 24.8 Å². The second-order valence-corrected chi connectivity index (χ2v) is 14.2. The molecule has 0 spiro atoms. The predicted molar refractivity (Wildman–Crippen MR) is 177 cm³/mol. The lowest BCUT2D eigenvalue weighted by Crippen LogP contribution is -2.74. The smallest absolute Gasteiger partial charge is 0.497 e. The predicted octanol–water partition coefficient (Wildman–Crippen LogP) is 3.00. The van der Waals surface area contributed by atoms with Crippen molar-refractivity contribution in [3.63, 3.8) is 0 Å². The van der Waals surface area contributed by atoms with Gasteiger partial charge in [0.25, 0.3) is 0 Å². The molecule has 3 aromatic rings. The number of carbonyl (C=O) groups is 2. The van der Waals surface area contributed by atoms with E-state index in [0.717, 1.165) is 0 Å². The summed E-state index contributed by atoms with van der Waals surface area (Å²) in [6, 6.07) is 14.3. The van der Waals surface area contributed by atoms with E-state index >= 15 is 8.42 Å². The molecule has 2 amide bonds. The van der Waals surface area contributed by atoms with Gasteiger partial charge in [-0.05, 0) is 36.8 Å². The molecule has 49 heavy (non-hydrogen) atoms. The summed E-state index contributed by atoms with van der Waals surface area (Å²) in [6.07, 6.45) is -0.199. The fourth-order valence-corrected chi connectivity index (χ4v) is 9.97. The molecule has 0 bridgehead atoms. The lowest BCUT2D eigenvalue weighted by Gasteiger charge is -2.54. The first kappa shape index (κ1) is 34.1. The standard InChI is InChI=1S/C34H38N6O8S/c1-4-48-33-24(9-7-13-37-33)28-30(39-16-14-36-15-17-39)21(19-35)20-40(34(42)43,31(28)29-23-8-5-6-10-25(23)38-32(29)41)49(44,45)27-12-11-22(46-2)18-26(27)47-3/h5-13,18,21,28-31,36H,4,14-17,20H2,1-3H3,(H-,38,41,42,43)/p+1. The molecule has 0 aliphatic carbocycles. The minimum absolute atomic E-state index is 0.140. The molecule has 1 aromatic heterocycles. The van der Waals surface area contributed by atoms with Crippen molar-refractivity contribution in [2.24, 2.45) is 5.92 Å². The fourth-order valence-electron chi connectivity index (χ4n) is 7.85. The number of nitrogens with zero attached hydrogens (tertiary/aromatic N) is 4. The molecule has 0 radical (unpaired) electrons. The number of ether oxygens (including phenoxy) is 3. The number of anilines is 1. The van der Waals surface area contributed by atoms with Crippen LogP contribution in [0.15, 0.2) is 65.7 Å². The molecule has 2 aromatic carbocycles. The Kier molecular flexibility index (Phi) is 9.50. The second kappa shape index (κ2) is 13.6. The minimum atomic E-state index is -5.03. The van der Waals surface area contributed by atoms with E-state index in [1.807, 2.05) is 0 Å². The van der Waals surface area contributed by atoms with Crippen molar-refractivity contribution < 1.29 is 41.2 Å². The summed E-state index contributed by atoms with van der Waals surface area (Å²) in [5.41, 5.74) is 1.33. The zero-order valence-electron chi connectivity index (χ0n) is 27.4. The Balaban J connectivity index is 1.73. The molecule has 6 atom stereocenters. The molecule has 3 aliphatic rings. The van der Waals surface area contributed by atoms with E-state index < -0.39 is 67.2 Å². The number of rotatable bonds is 9. The number of piperazine rings is 1. The number of nitrogens with one attached hydrogen (secondary N) is 2. The number of amides is 2. The van der Waals surface area contributed by atoms with Crippen molar-refractivity contribution in [2.45, 2.75) is 35.7 Å². The molecular weight excluding hydrogens is 652 g/mol. The number of carbonyl (C=O) groups excluding carboxylic acids is 1. The highest BCUT2D eigenvalue weighted by molar-refractivity contribution is 7.86. The Morgan fingerprint density at radius 3 is 2.51 bits per heavy atom. The molecule has 2 fully saturated rings. The number of fused-ring (bicyclic) bond motifs is 1. The zero-order valence-corrected chi connectivity index (χ0v) is 28.2. The summed E-state index contributed by atoms with van der Waals surface area (Å²) in [5, 5.41) is 28.5. The fraction of sp³-hybridized carbons (Fsp3) is 0.412. The minimum Gasteiger partial charge on any atom is -0.497 e. The number of para-hydroxylation sites is 1. The highest BCUT2D eigenvalue weighted by Gasteiger charge is 2.70. The van der Waals surface area contributed by atoms with Crippen LogP contribution in [0.3, 0.4) is 0 Å². The summed E-state index contributed by atoms with van der Waals surface area (Å²) in [7, 11) is -2.35. The SMILES string of the molecule is CCOc1ncccc1C1C(N2CCNCC2)C(C#N)C[N+](C(=O)O)(S(=O)(=O)c2ccc(OC)cc2OC)C1C1C(=O)Nc2ccccc21. The number of piperidine rings is 1. The number of benzene rings is 2. The molecule has 14 nitrogen and oxygen atoms in total. The van der Waals surface area contributed by atoms with Gasteiger partial charge in [0, 0.05) is 55.7 Å². The number of quaternary nitrogens is 1. The lowest BCUT2D eigenvalue weighted by molar-refractivity contribution is -0.775. The van der Waals surface area contributed by atoms with Crippen LogP contribution in [0.2, 0.25) is 0 Å². The molecule has 2 saturated heterocycles. The first-order valence-corrected chi connectivity index (χ1v) is 17.5. The maximum absolute atomic E-state index is 15.4. The molecule has 6 rings (SSSR count). The van der Waals surface area contributed by atoms with Gasteiger partial charge in [-0.3, -0.25) is 9.69 Å². The third-order valence-electron chi connectivity index (χ3n) is 9.86. The number of sulfonamides is 1. The van der Waals surface area contributed by atoms with Gasteiger partial charge in [-0.25, -0.2) is 4.98 Å². The van der Waals surface area contributed by atoms with Crippen molar-refractivity contribution in [3.8, 4) is 23.4 Å². The summed E-state index contributed by atoms with van der Waals surface area (Å²) < 4.78 is 46.0. The molecule has 15 heteroatoms. The summed E-state index contributed by atoms with van der Waals surface area (Å²) >= 11 is 0. The highest BCUT2D eigenvalue weighted by Crippen LogP contribution is 2.55. The number of hydrogen-bond donors (Lipinski definition) is 3. The average molecular weight is 692 g/mol. The number of hydrogen-bond acceptors (Lipinski definition) is 11. The summed E-state index contributed by atoms with van der Waals surface area (Å²) in [5.74, 6) is -3.66. The average Bonchev–Trinajstić information content (AvgIpc) is 3.45. The molecule has 0 saturated carbocycles. The van der Waals surface area contributed by atoms with Crippen LogP contribution >= 0.6 is 0 Å². The number of nitriles is 1. The van der Waals surface area contributed by atoms with E-state index in [2.05, 4.69) is 26.6 Å². The quantitative estimate of drug-likeness (QED) is 0.280. The van der Waals surface area contributed by atoms with Crippen LogP contribution in [0, 0.1) is 17.2 Å². The van der Waals surface area contributed by atoms with Gasteiger partial charge >= 0.3 is 16.1 Å². The van der Waals surface area contributed by atoms with Crippen molar-refractivity contribution in [2.75, 3.05) is 58.9 Å². The number of likely N-dealkylation sites (tertiary alicyclic amines) is 1. The first-order chi connectivity index (χ1) is 23.6. The Bertz CT molecular complexity index is 1900. The Labute approximate surface area is 284 Å². The van der Waals surface area contributed by atoms with E-state index in [1.54, 1.807) is 43.3 Å². The molecular formula is C34H39N6O8S+. The molecule has 6 unspecified atom stereocenters. The van der Waals surface area contributed by atoms with Crippen LogP contribution in [0.4, 0.5) is 10.5 Å². The van der Waals surface area contributed by atoms with E-state index in [-0.39, 0.29) is 18.2 Å². The first-order valence-electron chi connectivity index (χ1n) is 16.0. The van der Waals surface area contributed by atoms with Gasteiger partial charge in [-0.15, -0.1) is 3.89 Å². The van der Waals surface area contributed by atoms with Gasteiger partial charge in [-0.1, -0.05) is 24.3 Å². The van der Waals surface area contributed by atoms with E-state index in [0.29, 0.717) is 48.7 Å². The Morgan fingerprint density at radius 1 is 1.10 bits per heavy atom. The van der Waals surface area contributed by atoms with Crippen molar-refractivity contribution in [3.05, 3.63) is 71.9 Å². The van der Waals surface area contributed by atoms with Gasteiger partial charge in [0.2, 0.25) is 11.8 Å². The zero-order chi connectivity index (χ0) is 34.9. The number of pyridine rings is 1. The number of aromatic nitrogens is 1. The maximum atomic E-state index is 15.4.